The van der Waals surface area contributed by atoms with Crippen LogP contribution >= 0.6 is 0 Å². The van der Waals surface area contributed by atoms with Crippen LogP contribution < -0.4 is 0 Å². The van der Waals surface area contributed by atoms with Gasteiger partial charge in [0.05, 0.1) is 0 Å². The van der Waals surface area contributed by atoms with Gasteiger partial charge in [0.2, 0.25) is 0 Å². The number of Topliss-reactive ketones (excluding diaryl/α,β-unsaturated/α-hetero) is 1. The van der Waals surface area contributed by atoms with Crippen molar-refractivity contribution >= 4 is 11.8 Å². The van der Waals surface area contributed by atoms with E-state index in [0.29, 0.717) is 12.8 Å². The molecular weight excluding hydrogens is 180 g/mol. The van der Waals surface area contributed by atoms with E-state index in [2.05, 4.69) is 6.58 Å². The van der Waals surface area contributed by atoms with Gasteiger partial charge in [-0.1, -0.05) is 19.9 Å². The minimum atomic E-state index is -1.22. The number of carbonyl (C=O) groups is 2. The van der Waals surface area contributed by atoms with Gasteiger partial charge in [0.1, 0.15) is 5.41 Å². The molecule has 0 aliphatic heterocycles. The lowest BCUT2D eigenvalue weighted by Gasteiger charge is -2.31. The molecule has 1 fully saturated rings. The van der Waals surface area contributed by atoms with Crippen molar-refractivity contribution in [1.29, 1.82) is 0 Å². The summed E-state index contributed by atoms with van der Waals surface area (Å²) in [5.41, 5.74) is -1.22. The minimum Gasteiger partial charge on any atom is -0.480 e. The molecule has 3 atom stereocenters. The Labute approximate surface area is 83.8 Å². The number of carbonyl (C=O) groups excluding carboxylic acids is 1. The fourth-order valence-corrected chi connectivity index (χ4v) is 2.47. The Morgan fingerprint density at radius 2 is 2.36 bits per heavy atom. The van der Waals surface area contributed by atoms with E-state index in [9.17, 15) is 14.7 Å². The maximum Gasteiger partial charge on any atom is 0.318 e. The largest absolute Gasteiger partial charge is 0.480 e. The third-order valence-corrected chi connectivity index (χ3v) is 3.47. The summed E-state index contributed by atoms with van der Waals surface area (Å²) in [5, 5.41) is 9.24. The summed E-state index contributed by atoms with van der Waals surface area (Å²) in [4.78, 5) is 23.0. The number of aliphatic carboxylic acids is 1. The predicted octanol–water partition coefficient (Wildman–Crippen LogP) is 1.88. The van der Waals surface area contributed by atoms with Crippen molar-refractivity contribution in [2.75, 3.05) is 0 Å². The molecule has 1 unspecified atom stereocenters. The zero-order chi connectivity index (χ0) is 10.9. The Balaban J connectivity index is 3.21. The van der Waals surface area contributed by atoms with E-state index in [1.807, 2.05) is 6.92 Å². The minimum absolute atomic E-state index is 0.0968. The third kappa shape index (κ3) is 1.19. The second kappa shape index (κ2) is 3.56. The Kier molecular flexibility index (Phi) is 2.79. The zero-order valence-electron chi connectivity index (χ0n) is 8.62. The van der Waals surface area contributed by atoms with Crippen molar-refractivity contribution in [2.24, 2.45) is 17.3 Å². The van der Waals surface area contributed by atoms with Crippen LogP contribution in [-0.4, -0.2) is 16.9 Å². The summed E-state index contributed by atoms with van der Waals surface area (Å²) >= 11 is 0. The summed E-state index contributed by atoms with van der Waals surface area (Å²) in [7, 11) is 0. The van der Waals surface area contributed by atoms with Crippen molar-refractivity contribution in [1.82, 2.24) is 0 Å². The molecule has 0 heterocycles. The summed E-state index contributed by atoms with van der Waals surface area (Å²) in [5.74, 6) is -1.55. The highest BCUT2D eigenvalue weighted by molar-refractivity contribution is 6.05. The third-order valence-electron chi connectivity index (χ3n) is 3.47. The summed E-state index contributed by atoms with van der Waals surface area (Å²) < 4.78 is 0. The number of hydrogen-bond acceptors (Lipinski definition) is 2. The molecule has 1 aliphatic rings. The second-order valence-electron chi connectivity index (χ2n) is 4.06. The molecule has 3 heteroatoms. The molecular formula is C11H16O3. The Bertz CT molecular complexity index is 282. The molecule has 0 saturated heterocycles. The molecule has 0 amide bonds. The molecule has 0 aromatic carbocycles. The van der Waals surface area contributed by atoms with E-state index in [0.717, 1.165) is 0 Å². The van der Waals surface area contributed by atoms with Gasteiger partial charge in [-0.05, 0) is 18.3 Å². The van der Waals surface area contributed by atoms with Gasteiger partial charge in [0.25, 0.3) is 0 Å². The zero-order valence-corrected chi connectivity index (χ0v) is 8.62. The van der Waals surface area contributed by atoms with Gasteiger partial charge in [0, 0.05) is 6.42 Å². The van der Waals surface area contributed by atoms with Crippen molar-refractivity contribution < 1.29 is 14.7 Å². The lowest BCUT2D eigenvalue weighted by atomic mass is 9.69. The highest BCUT2D eigenvalue weighted by Gasteiger charge is 2.56. The van der Waals surface area contributed by atoms with Gasteiger partial charge < -0.3 is 5.11 Å². The van der Waals surface area contributed by atoms with Crippen LogP contribution in [0.3, 0.4) is 0 Å². The van der Waals surface area contributed by atoms with E-state index >= 15 is 0 Å². The van der Waals surface area contributed by atoms with E-state index in [4.69, 9.17) is 0 Å². The fraction of sp³-hybridized carbons (Fsp3) is 0.636. The predicted molar refractivity (Wildman–Crippen MR) is 52.8 cm³/mol. The maximum atomic E-state index is 11.7. The average Bonchev–Trinajstić information content (AvgIpc) is 2.42. The average molecular weight is 196 g/mol. The quantitative estimate of drug-likeness (QED) is 0.554. The maximum absolute atomic E-state index is 11.7. The summed E-state index contributed by atoms with van der Waals surface area (Å²) in [6.07, 6.45) is 2.61. The second-order valence-corrected chi connectivity index (χ2v) is 4.06. The SMILES string of the molecule is C=C[C@@H](C)C1(C(=O)O)C(=O)CC[C@H]1C. The molecule has 0 radical (unpaired) electrons. The van der Waals surface area contributed by atoms with Gasteiger partial charge in [-0.25, -0.2) is 0 Å². The van der Waals surface area contributed by atoms with E-state index < -0.39 is 11.4 Å². The van der Waals surface area contributed by atoms with Crippen LogP contribution in [0.1, 0.15) is 26.7 Å². The first-order valence-corrected chi connectivity index (χ1v) is 4.87. The number of ketones is 1. The molecule has 0 bridgehead atoms. The lowest BCUT2D eigenvalue weighted by Crippen LogP contribution is -2.44. The number of carboxylic acids is 1. The van der Waals surface area contributed by atoms with Gasteiger partial charge in [-0.2, -0.15) is 0 Å². The van der Waals surface area contributed by atoms with Crippen LogP contribution in [0.4, 0.5) is 0 Å². The standard InChI is InChI=1S/C11H16O3/c1-4-7(2)11(10(13)14)8(3)5-6-9(11)12/h4,7-8H,1,5-6H2,2-3H3,(H,13,14)/t7-,8-,11?/m1/s1. The van der Waals surface area contributed by atoms with E-state index in [-0.39, 0.29) is 17.6 Å². The van der Waals surface area contributed by atoms with Crippen molar-refractivity contribution in [2.45, 2.75) is 26.7 Å². The van der Waals surface area contributed by atoms with Crippen molar-refractivity contribution in [3.05, 3.63) is 12.7 Å². The number of allylic oxidation sites excluding steroid dienone is 1. The lowest BCUT2D eigenvalue weighted by molar-refractivity contribution is -0.158. The van der Waals surface area contributed by atoms with Crippen LogP contribution in [0.2, 0.25) is 0 Å². The van der Waals surface area contributed by atoms with Crippen LogP contribution in [0.15, 0.2) is 12.7 Å². The number of hydrogen-bond donors (Lipinski definition) is 1. The van der Waals surface area contributed by atoms with Gasteiger partial charge in [-0.15, -0.1) is 6.58 Å². The summed E-state index contributed by atoms with van der Waals surface area (Å²) in [6.45, 7) is 7.17. The molecule has 0 aromatic heterocycles. The first kappa shape index (κ1) is 11.0. The molecule has 0 aromatic rings. The number of rotatable bonds is 3. The molecule has 0 spiro atoms. The molecule has 3 nitrogen and oxygen atoms in total. The summed E-state index contributed by atoms with van der Waals surface area (Å²) in [6, 6.07) is 0. The molecule has 1 saturated carbocycles. The van der Waals surface area contributed by atoms with Crippen LogP contribution in [0.5, 0.6) is 0 Å². The fourth-order valence-electron chi connectivity index (χ4n) is 2.47. The Hall–Kier alpha value is -1.12. The van der Waals surface area contributed by atoms with Crippen LogP contribution in [0, 0.1) is 17.3 Å². The van der Waals surface area contributed by atoms with E-state index in [1.54, 1.807) is 13.0 Å². The van der Waals surface area contributed by atoms with E-state index in [1.165, 1.54) is 0 Å². The topological polar surface area (TPSA) is 54.4 Å². The molecule has 1 N–H and O–H groups in total. The molecule has 1 aliphatic carbocycles. The van der Waals surface area contributed by atoms with Gasteiger partial charge >= 0.3 is 5.97 Å². The molecule has 78 valence electrons. The molecule has 14 heavy (non-hydrogen) atoms. The Morgan fingerprint density at radius 1 is 1.79 bits per heavy atom. The Morgan fingerprint density at radius 3 is 2.64 bits per heavy atom. The van der Waals surface area contributed by atoms with Gasteiger partial charge in [0.15, 0.2) is 5.78 Å². The van der Waals surface area contributed by atoms with Crippen LogP contribution in [0.25, 0.3) is 0 Å². The highest BCUT2D eigenvalue weighted by atomic mass is 16.4. The smallest absolute Gasteiger partial charge is 0.318 e. The van der Waals surface area contributed by atoms with Crippen molar-refractivity contribution in [3.63, 3.8) is 0 Å². The first-order valence-electron chi connectivity index (χ1n) is 4.87. The first-order chi connectivity index (χ1) is 6.47. The van der Waals surface area contributed by atoms with Crippen LogP contribution in [-0.2, 0) is 9.59 Å². The normalized spacial score (nSPS) is 34.1. The van der Waals surface area contributed by atoms with Crippen molar-refractivity contribution in [3.8, 4) is 0 Å². The molecule has 1 rings (SSSR count). The monoisotopic (exact) mass is 196 g/mol. The number of carboxylic acid groups (broad SMARTS) is 1. The highest BCUT2D eigenvalue weighted by Crippen LogP contribution is 2.46. The van der Waals surface area contributed by atoms with Gasteiger partial charge in [-0.3, -0.25) is 9.59 Å².